The average Bonchev–Trinajstić information content (AvgIpc) is 3.70. The fourth-order valence-corrected chi connectivity index (χ4v) is 8.79. The summed E-state index contributed by atoms with van der Waals surface area (Å²) in [6, 6.07) is 36.7. The Morgan fingerprint density at radius 2 is 1.00 bits per heavy atom. The van der Waals surface area contributed by atoms with Gasteiger partial charge in [-0.05, 0) is 110 Å². The van der Waals surface area contributed by atoms with E-state index in [9.17, 15) is 0 Å². The summed E-state index contributed by atoms with van der Waals surface area (Å²) in [4.78, 5) is 4.76. The van der Waals surface area contributed by atoms with Gasteiger partial charge in [-0.1, -0.05) is 132 Å². The zero-order valence-electron chi connectivity index (χ0n) is 35.5. The molecule has 5 aromatic carbocycles. The maximum Gasteiger partial charge on any atom is 0.257 e. The Morgan fingerprint density at radius 1 is 0.464 bits per heavy atom. The van der Waals surface area contributed by atoms with Gasteiger partial charge < -0.3 is 13.7 Å². The van der Waals surface area contributed by atoms with Crippen LogP contribution in [0, 0.1) is 6.92 Å². The molecule has 0 saturated heterocycles. The van der Waals surface area contributed by atoms with Crippen molar-refractivity contribution in [1.29, 1.82) is 0 Å². The van der Waals surface area contributed by atoms with Crippen molar-refractivity contribution in [2.24, 2.45) is 0 Å². The van der Waals surface area contributed by atoms with Gasteiger partial charge in [0, 0.05) is 45.1 Å². The van der Waals surface area contributed by atoms with Gasteiger partial charge in [-0.15, -0.1) is 0 Å². The van der Waals surface area contributed by atoms with E-state index in [-0.39, 0.29) is 28.4 Å². The molecule has 2 aromatic heterocycles. The Morgan fingerprint density at radius 3 is 1.62 bits per heavy atom. The third kappa shape index (κ3) is 5.72. The number of furan rings is 2. The Balaban J connectivity index is 1.38. The number of nitrogens with zero attached hydrogens (tertiary/aromatic N) is 2. The van der Waals surface area contributed by atoms with Gasteiger partial charge in [0.25, 0.3) is 6.71 Å². The van der Waals surface area contributed by atoms with E-state index in [0.29, 0.717) is 0 Å². The Kier molecular flexibility index (Phi) is 7.77. The first-order chi connectivity index (χ1) is 26.2. The van der Waals surface area contributed by atoms with Crippen LogP contribution in [-0.4, -0.2) is 6.71 Å². The first-order valence-electron chi connectivity index (χ1n) is 20.3. The van der Waals surface area contributed by atoms with E-state index in [1.165, 1.54) is 55.6 Å². The molecular formula is C51H55BN2O2. The molecule has 0 atom stereocenters. The third-order valence-electron chi connectivity index (χ3n) is 12.1. The highest BCUT2D eigenvalue weighted by atomic mass is 16.4. The predicted octanol–water partition coefficient (Wildman–Crippen LogP) is 12.8. The molecule has 2 aliphatic heterocycles. The summed E-state index contributed by atoms with van der Waals surface area (Å²) in [6.07, 6.45) is 0. The molecule has 2 aliphatic rings. The monoisotopic (exact) mass is 738 g/mol. The molecule has 5 heteroatoms. The highest BCUT2D eigenvalue weighted by molar-refractivity contribution is 7.01. The quantitative estimate of drug-likeness (QED) is 0.165. The molecule has 7 aromatic rings. The lowest BCUT2D eigenvalue weighted by Gasteiger charge is -2.42. The number of hydrogen-bond acceptors (Lipinski definition) is 4. The second kappa shape index (κ2) is 11.9. The van der Waals surface area contributed by atoms with E-state index < -0.39 is 0 Å². The van der Waals surface area contributed by atoms with Gasteiger partial charge >= 0.3 is 0 Å². The molecule has 0 unspecified atom stereocenters. The minimum absolute atomic E-state index is 0.000384. The first-order valence-corrected chi connectivity index (χ1v) is 20.3. The summed E-state index contributed by atoms with van der Waals surface area (Å²) in [5.41, 5.74) is 16.4. The molecular weight excluding hydrogens is 683 g/mol. The molecule has 0 amide bonds. The zero-order valence-corrected chi connectivity index (χ0v) is 35.5. The number of aryl methyl sites for hydroxylation is 1. The summed E-state index contributed by atoms with van der Waals surface area (Å²) in [6.45, 7) is 29.5. The van der Waals surface area contributed by atoms with Gasteiger partial charge in [-0.2, -0.15) is 0 Å². The molecule has 0 bridgehead atoms. The fraction of sp³-hybridized carbons (Fsp3) is 0.333. The van der Waals surface area contributed by atoms with Gasteiger partial charge in [0.05, 0.1) is 0 Å². The van der Waals surface area contributed by atoms with E-state index in [0.717, 1.165) is 45.1 Å². The van der Waals surface area contributed by atoms with Crippen molar-refractivity contribution < 1.29 is 8.83 Å². The maximum atomic E-state index is 7.18. The first kappa shape index (κ1) is 36.5. The molecule has 284 valence electrons. The van der Waals surface area contributed by atoms with E-state index in [1.54, 1.807) is 0 Å². The molecule has 0 saturated carbocycles. The Labute approximate surface area is 333 Å². The van der Waals surface area contributed by atoms with Crippen molar-refractivity contribution in [3.63, 3.8) is 0 Å². The molecule has 4 heterocycles. The van der Waals surface area contributed by atoms with Gasteiger partial charge in [0.1, 0.15) is 11.2 Å². The summed E-state index contributed by atoms with van der Waals surface area (Å²) < 4.78 is 14.1. The average molecular weight is 739 g/mol. The lowest BCUT2D eigenvalue weighted by Crippen LogP contribution is -2.61. The van der Waals surface area contributed by atoms with Crippen LogP contribution in [0.25, 0.3) is 21.9 Å². The second-order valence-electron chi connectivity index (χ2n) is 20.5. The van der Waals surface area contributed by atoms with Crippen LogP contribution < -0.4 is 26.2 Å². The van der Waals surface area contributed by atoms with Crippen molar-refractivity contribution in [2.45, 2.75) is 112 Å². The number of rotatable bonds is 2. The van der Waals surface area contributed by atoms with E-state index >= 15 is 0 Å². The van der Waals surface area contributed by atoms with Crippen LogP contribution in [0.2, 0.25) is 0 Å². The predicted molar refractivity (Wildman–Crippen MR) is 240 cm³/mol. The van der Waals surface area contributed by atoms with Crippen molar-refractivity contribution in [1.82, 2.24) is 0 Å². The number of hydrogen-bond donors (Lipinski definition) is 0. The second-order valence-corrected chi connectivity index (χ2v) is 20.5. The Bertz CT molecular complexity index is 2700. The van der Waals surface area contributed by atoms with Crippen LogP contribution in [0.4, 0.5) is 34.5 Å². The van der Waals surface area contributed by atoms with Crippen LogP contribution in [0.3, 0.4) is 0 Å². The molecule has 0 aliphatic carbocycles. The maximum absolute atomic E-state index is 7.18. The topological polar surface area (TPSA) is 32.8 Å². The molecule has 0 N–H and O–H groups in total. The molecule has 0 radical (unpaired) electrons. The highest BCUT2D eigenvalue weighted by Crippen LogP contribution is 2.48. The number of benzene rings is 5. The van der Waals surface area contributed by atoms with Gasteiger partial charge in [0.2, 0.25) is 11.8 Å². The standard InChI is InChI=1S/C51H55BN2O2/c1-30-24-40-46-41(25-30)54(44-26-31-14-15-34(50(8,9)10)28-42(31)55-44)47-45(37-22-18-35(51(11,12)13)29-43(37)56-47)52(46)38-27-33(49(5,6)7)19-23-39(38)53(40)36-20-16-32(17-21-36)48(2,3)4/h14-29H,1-13H3. The molecule has 4 nitrogen and oxygen atoms in total. The summed E-state index contributed by atoms with van der Waals surface area (Å²) in [5.74, 6) is 1.58. The molecule has 9 rings (SSSR count). The number of fused-ring (bicyclic) bond motifs is 7. The minimum Gasteiger partial charge on any atom is -0.440 e. The molecule has 0 fully saturated rings. The van der Waals surface area contributed by atoms with Crippen LogP contribution >= 0.6 is 0 Å². The normalized spacial score (nSPS) is 14.4. The lowest BCUT2D eigenvalue weighted by atomic mass is 9.33. The largest absolute Gasteiger partial charge is 0.440 e. The van der Waals surface area contributed by atoms with Crippen molar-refractivity contribution in [2.75, 3.05) is 9.80 Å². The SMILES string of the molecule is Cc1cc2c3c(c1)N(c1cc4ccc(C(C)(C)C)cc4o1)c1oc4cc(C(C)(C)C)ccc4c1B3c1cc(C(C)(C)C)ccc1N2c1ccc(C(C)(C)C)cc1. The fourth-order valence-electron chi connectivity index (χ4n) is 8.79. The zero-order chi connectivity index (χ0) is 39.9. The summed E-state index contributed by atoms with van der Waals surface area (Å²) in [5, 5.41) is 2.21. The Hall–Kier alpha value is -5.16. The van der Waals surface area contributed by atoms with Crippen LogP contribution in [-0.2, 0) is 21.7 Å². The van der Waals surface area contributed by atoms with Crippen LogP contribution in [0.15, 0.2) is 106 Å². The minimum atomic E-state index is -0.0622. The van der Waals surface area contributed by atoms with E-state index in [2.05, 4.69) is 197 Å². The van der Waals surface area contributed by atoms with Crippen LogP contribution in [0.1, 0.15) is 111 Å². The van der Waals surface area contributed by atoms with E-state index in [1.807, 2.05) is 0 Å². The molecule has 0 spiro atoms. The van der Waals surface area contributed by atoms with E-state index in [4.69, 9.17) is 8.83 Å². The van der Waals surface area contributed by atoms with Crippen LogP contribution in [0.5, 0.6) is 0 Å². The van der Waals surface area contributed by atoms with Gasteiger partial charge in [-0.25, -0.2) is 0 Å². The molecule has 56 heavy (non-hydrogen) atoms. The van der Waals surface area contributed by atoms with Gasteiger partial charge in [-0.3, -0.25) is 4.90 Å². The van der Waals surface area contributed by atoms with Crippen molar-refractivity contribution >= 4 is 79.6 Å². The lowest BCUT2D eigenvalue weighted by molar-refractivity contribution is 0.571. The smallest absolute Gasteiger partial charge is 0.257 e. The third-order valence-corrected chi connectivity index (χ3v) is 12.1. The summed E-state index contributed by atoms with van der Waals surface area (Å²) >= 11 is 0. The number of anilines is 6. The summed E-state index contributed by atoms with van der Waals surface area (Å²) in [7, 11) is 0. The van der Waals surface area contributed by atoms with Gasteiger partial charge in [0.15, 0.2) is 0 Å². The van der Waals surface area contributed by atoms with Crippen molar-refractivity contribution in [3.05, 3.63) is 125 Å². The van der Waals surface area contributed by atoms with Crippen molar-refractivity contribution in [3.8, 4) is 0 Å². The highest BCUT2D eigenvalue weighted by Gasteiger charge is 2.47.